The van der Waals surface area contributed by atoms with E-state index in [9.17, 15) is 4.79 Å². The van der Waals surface area contributed by atoms with E-state index in [1.807, 2.05) is 37.3 Å². The van der Waals surface area contributed by atoms with Gasteiger partial charge in [0.15, 0.2) is 0 Å². The molecule has 21 heavy (non-hydrogen) atoms. The van der Waals surface area contributed by atoms with Crippen LogP contribution >= 0.6 is 0 Å². The Balaban J connectivity index is 2.01. The van der Waals surface area contributed by atoms with Gasteiger partial charge in [-0.2, -0.15) is 0 Å². The average Bonchev–Trinajstić information content (AvgIpc) is 2.45. The summed E-state index contributed by atoms with van der Waals surface area (Å²) in [6, 6.07) is 9.14. The van der Waals surface area contributed by atoms with Crippen molar-refractivity contribution >= 4 is 12.0 Å². The predicted octanol–water partition coefficient (Wildman–Crippen LogP) is 2.06. The van der Waals surface area contributed by atoms with Crippen molar-refractivity contribution in [3.05, 3.63) is 57.6 Å². The number of aromatic amines is 1. The minimum atomic E-state index is -0.191. The first-order valence-corrected chi connectivity index (χ1v) is 6.49. The maximum absolute atomic E-state index is 11.3. The minimum absolute atomic E-state index is 0.191. The fourth-order valence-electron chi connectivity index (χ4n) is 1.78. The smallest absolute Gasteiger partial charge is 0.252 e. The summed E-state index contributed by atoms with van der Waals surface area (Å²) in [4.78, 5) is 18.1. The zero-order chi connectivity index (χ0) is 15.2. The van der Waals surface area contributed by atoms with E-state index in [0.29, 0.717) is 11.6 Å². The number of hydrazine groups is 1. The van der Waals surface area contributed by atoms with Crippen LogP contribution in [-0.2, 0) is 0 Å². The highest BCUT2D eigenvalue weighted by atomic mass is 16.5. The van der Waals surface area contributed by atoms with E-state index in [1.165, 1.54) is 6.07 Å². The van der Waals surface area contributed by atoms with E-state index >= 15 is 0 Å². The summed E-state index contributed by atoms with van der Waals surface area (Å²) in [6.45, 7) is 3.67. The summed E-state index contributed by atoms with van der Waals surface area (Å²) in [6.07, 6.45) is 1.96. The zero-order valence-corrected chi connectivity index (χ0v) is 12.2. The van der Waals surface area contributed by atoms with Crippen LogP contribution in [0.25, 0.3) is 6.08 Å². The summed E-state index contributed by atoms with van der Waals surface area (Å²) in [5.41, 5.74) is 8.21. The number of aryl methyl sites for hydroxylation is 1. The van der Waals surface area contributed by atoms with E-state index in [-0.39, 0.29) is 5.56 Å². The van der Waals surface area contributed by atoms with Gasteiger partial charge < -0.3 is 10.2 Å². The first kappa shape index (κ1) is 14.6. The van der Waals surface area contributed by atoms with Crippen LogP contribution in [-0.4, -0.2) is 17.1 Å². The lowest BCUT2D eigenvalue weighted by molar-refractivity contribution is 0.415. The van der Waals surface area contributed by atoms with E-state index in [2.05, 4.69) is 20.8 Å². The molecule has 110 valence electrons. The Labute approximate surface area is 122 Å². The lowest BCUT2D eigenvalue weighted by Gasteiger charge is -2.09. The third kappa shape index (κ3) is 4.38. The van der Waals surface area contributed by atoms with Crippen LogP contribution < -0.4 is 21.1 Å². The molecule has 0 radical (unpaired) electrons. The molecule has 0 bridgehead atoms. The number of nitrogens with one attached hydrogen (secondary N) is 3. The first-order valence-electron chi connectivity index (χ1n) is 6.49. The number of aromatic nitrogens is 2. The van der Waals surface area contributed by atoms with Gasteiger partial charge in [-0.15, -0.1) is 0 Å². The maximum Gasteiger partial charge on any atom is 0.252 e. The Hall–Kier alpha value is -2.76. The largest absolute Gasteiger partial charge is 0.497 e. The molecule has 0 spiro atoms. The van der Waals surface area contributed by atoms with E-state index in [0.717, 1.165) is 17.0 Å². The SMILES string of the molecule is COc1ccc(/C=C(\C)NNc2nc(C)cc(=O)[nH]2)cc1. The molecular formula is C15H18N4O2. The van der Waals surface area contributed by atoms with Gasteiger partial charge in [0.05, 0.1) is 7.11 Å². The lowest BCUT2D eigenvalue weighted by Crippen LogP contribution is -2.23. The molecular weight excluding hydrogens is 268 g/mol. The lowest BCUT2D eigenvalue weighted by atomic mass is 10.2. The van der Waals surface area contributed by atoms with Crippen LogP contribution in [0.1, 0.15) is 18.2 Å². The number of ether oxygens (including phenoxy) is 1. The number of anilines is 1. The molecule has 0 aliphatic carbocycles. The van der Waals surface area contributed by atoms with Gasteiger partial charge in [-0.3, -0.25) is 15.2 Å². The number of hydrogen-bond donors (Lipinski definition) is 3. The molecule has 1 aromatic heterocycles. The molecule has 3 N–H and O–H groups in total. The monoisotopic (exact) mass is 286 g/mol. The maximum atomic E-state index is 11.3. The highest BCUT2D eigenvalue weighted by Crippen LogP contribution is 2.13. The van der Waals surface area contributed by atoms with Crippen LogP contribution in [0.2, 0.25) is 0 Å². The fraction of sp³-hybridized carbons (Fsp3) is 0.200. The second-order valence-electron chi connectivity index (χ2n) is 4.59. The van der Waals surface area contributed by atoms with Gasteiger partial charge in [0.1, 0.15) is 5.75 Å². The molecule has 6 heteroatoms. The van der Waals surface area contributed by atoms with Crippen molar-refractivity contribution in [3.63, 3.8) is 0 Å². The zero-order valence-electron chi connectivity index (χ0n) is 12.2. The van der Waals surface area contributed by atoms with Crippen molar-refractivity contribution in [2.24, 2.45) is 0 Å². The minimum Gasteiger partial charge on any atom is -0.497 e. The van der Waals surface area contributed by atoms with Crippen molar-refractivity contribution in [1.82, 2.24) is 15.4 Å². The van der Waals surface area contributed by atoms with Crippen LogP contribution in [0.5, 0.6) is 5.75 Å². The molecule has 2 rings (SSSR count). The molecule has 0 amide bonds. The number of allylic oxidation sites excluding steroid dienone is 1. The molecule has 0 aliphatic heterocycles. The molecule has 6 nitrogen and oxygen atoms in total. The molecule has 0 saturated carbocycles. The number of hydrogen-bond acceptors (Lipinski definition) is 5. The molecule has 0 aliphatic rings. The molecule has 0 unspecified atom stereocenters. The topological polar surface area (TPSA) is 79.0 Å². The number of nitrogens with zero attached hydrogens (tertiary/aromatic N) is 1. The number of rotatable bonds is 5. The number of benzene rings is 1. The highest BCUT2D eigenvalue weighted by molar-refractivity contribution is 5.53. The molecule has 0 saturated heterocycles. The van der Waals surface area contributed by atoms with Crippen LogP contribution in [0, 0.1) is 6.92 Å². The number of methoxy groups -OCH3 is 1. The summed E-state index contributed by atoms with van der Waals surface area (Å²) in [5.74, 6) is 1.19. The first-order chi connectivity index (χ1) is 10.1. The Morgan fingerprint density at radius 2 is 2.05 bits per heavy atom. The molecule has 2 aromatic rings. The van der Waals surface area contributed by atoms with Crippen LogP contribution in [0.4, 0.5) is 5.95 Å². The molecule has 1 heterocycles. The van der Waals surface area contributed by atoms with Gasteiger partial charge in [0, 0.05) is 17.5 Å². The average molecular weight is 286 g/mol. The van der Waals surface area contributed by atoms with Gasteiger partial charge in [-0.05, 0) is 37.6 Å². The van der Waals surface area contributed by atoms with Gasteiger partial charge in [-0.1, -0.05) is 12.1 Å². The number of H-pyrrole nitrogens is 1. The second-order valence-corrected chi connectivity index (χ2v) is 4.59. The standard InChI is InChI=1S/C15H18N4O2/c1-10-9-14(20)17-15(16-10)19-18-11(2)8-12-4-6-13(21-3)7-5-12/h4-9,18H,1-3H3,(H2,16,17,19,20)/b11-8+. The second kappa shape index (κ2) is 6.60. The fourth-order valence-corrected chi connectivity index (χ4v) is 1.78. The predicted molar refractivity (Wildman–Crippen MR) is 83.0 cm³/mol. The Kier molecular flexibility index (Phi) is 4.61. The Bertz CT molecular complexity index is 690. The van der Waals surface area contributed by atoms with E-state index < -0.39 is 0 Å². The quantitative estimate of drug-likeness (QED) is 0.733. The molecule has 0 atom stereocenters. The summed E-state index contributed by atoms with van der Waals surface area (Å²) >= 11 is 0. The van der Waals surface area contributed by atoms with Crippen LogP contribution in [0.3, 0.4) is 0 Å². The summed E-state index contributed by atoms with van der Waals surface area (Å²) in [5, 5.41) is 0. The van der Waals surface area contributed by atoms with Crippen molar-refractivity contribution in [3.8, 4) is 5.75 Å². The molecule has 1 aromatic carbocycles. The van der Waals surface area contributed by atoms with Gasteiger partial charge in [0.2, 0.25) is 5.95 Å². The van der Waals surface area contributed by atoms with E-state index in [4.69, 9.17) is 4.74 Å². The van der Waals surface area contributed by atoms with Crippen molar-refractivity contribution in [2.45, 2.75) is 13.8 Å². The van der Waals surface area contributed by atoms with E-state index in [1.54, 1.807) is 14.0 Å². The van der Waals surface area contributed by atoms with Crippen LogP contribution in [0.15, 0.2) is 40.8 Å². The normalized spacial score (nSPS) is 11.1. The summed E-state index contributed by atoms with van der Waals surface area (Å²) in [7, 11) is 1.64. The van der Waals surface area contributed by atoms with Gasteiger partial charge in [-0.25, -0.2) is 4.98 Å². The Morgan fingerprint density at radius 1 is 1.33 bits per heavy atom. The van der Waals surface area contributed by atoms with Gasteiger partial charge in [0.25, 0.3) is 5.56 Å². The van der Waals surface area contributed by atoms with Gasteiger partial charge >= 0.3 is 0 Å². The van der Waals surface area contributed by atoms with Crippen molar-refractivity contribution in [1.29, 1.82) is 0 Å². The Morgan fingerprint density at radius 3 is 2.67 bits per heavy atom. The molecule has 0 fully saturated rings. The third-order valence-corrected chi connectivity index (χ3v) is 2.75. The third-order valence-electron chi connectivity index (χ3n) is 2.75. The van der Waals surface area contributed by atoms with Crippen molar-refractivity contribution < 1.29 is 4.74 Å². The summed E-state index contributed by atoms with van der Waals surface area (Å²) < 4.78 is 5.11. The highest BCUT2D eigenvalue weighted by Gasteiger charge is 1.97. The van der Waals surface area contributed by atoms with Crippen molar-refractivity contribution in [2.75, 3.05) is 12.5 Å².